The number of aliphatic imine (C=N–C) groups is 1. The van der Waals surface area contributed by atoms with Gasteiger partial charge in [-0.2, -0.15) is 0 Å². The van der Waals surface area contributed by atoms with Crippen LogP contribution in [0.4, 0.5) is 0 Å². The fourth-order valence-corrected chi connectivity index (χ4v) is 1.12. The molecule has 0 fully saturated rings. The van der Waals surface area contributed by atoms with Crippen LogP contribution in [-0.2, 0) is 39.8 Å². The van der Waals surface area contributed by atoms with E-state index in [0.29, 0.717) is 0 Å². The Morgan fingerprint density at radius 1 is 1.43 bits per heavy atom. The SMILES string of the molecule is Cn1ccccc1=[N+]1[C-]=NC=C1.[CH3-].[Y]. The second kappa shape index (κ2) is 6.04. The molecule has 0 atom stereocenters. The molecule has 1 aliphatic heterocycles. The molecule has 2 heterocycles. The first-order valence-electron chi connectivity index (χ1n) is 3.74. The average Bonchev–Trinajstić information content (AvgIpc) is 2.57. The second-order valence-corrected chi connectivity index (χ2v) is 2.57. The van der Waals surface area contributed by atoms with Gasteiger partial charge in [-0.25, -0.2) is 4.99 Å². The van der Waals surface area contributed by atoms with Crippen molar-refractivity contribution in [1.29, 1.82) is 0 Å². The van der Waals surface area contributed by atoms with Gasteiger partial charge in [0.05, 0.1) is 6.20 Å². The Morgan fingerprint density at radius 3 is 2.79 bits per heavy atom. The zero-order chi connectivity index (χ0) is 8.39. The third-order valence-electron chi connectivity index (χ3n) is 1.73. The maximum atomic E-state index is 3.86. The van der Waals surface area contributed by atoms with Gasteiger partial charge < -0.3 is 16.6 Å². The Hall–Kier alpha value is -0.536. The van der Waals surface area contributed by atoms with E-state index in [2.05, 4.69) is 11.3 Å². The molecule has 1 aliphatic rings. The van der Waals surface area contributed by atoms with Crippen molar-refractivity contribution < 1.29 is 32.7 Å². The third kappa shape index (κ3) is 2.72. The fraction of sp³-hybridized carbons (Fsp3) is 0.100. The van der Waals surface area contributed by atoms with Gasteiger partial charge in [0.25, 0.3) is 0 Å². The fourth-order valence-electron chi connectivity index (χ4n) is 1.12. The zero-order valence-corrected chi connectivity index (χ0v) is 11.2. The van der Waals surface area contributed by atoms with Gasteiger partial charge in [0, 0.05) is 46.0 Å². The third-order valence-corrected chi connectivity index (χ3v) is 1.73. The summed E-state index contributed by atoms with van der Waals surface area (Å²) in [7, 11) is 1.99. The summed E-state index contributed by atoms with van der Waals surface area (Å²) in [5.74, 6) is 0. The minimum Gasteiger partial charge on any atom is -0.358 e. The van der Waals surface area contributed by atoms with E-state index >= 15 is 0 Å². The summed E-state index contributed by atoms with van der Waals surface area (Å²) < 4.78 is 3.86. The van der Waals surface area contributed by atoms with Crippen LogP contribution < -0.4 is 10.1 Å². The van der Waals surface area contributed by atoms with Gasteiger partial charge in [0.15, 0.2) is 5.49 Å². The number of nitrogens with zero attached hydrogens (tertiary/aromatic N) is 3. The van der Waals surface area contributed by atoms with E-state index in [9.17, 15) is 0 Å². The summed E-state index contributed by atoms with van der Waals surface area (Å²) in [5, 5.41) is 0. The summed E-state index contributed by atoms with van der Waals surface area (Å²) >= 11 is 0. The van der Waals surface area contributed by atoms with Crippen molar-refractivity contribution >= 4 is 6.34 Å². The van der Waals surface area contributed by atoms with Crippen LogP contribution in [0.15, 0.2) is 41.8 Å². The maximum Gasteiger partial charge on any atom is 0.206 e. The normalized spacial score (nSPS) is 16.1. The molecule has 3 nitrogen and oxygen atoms in total. The van der Waals surface area contributed by atoms with Gasteiger partial charge in [-0.1, -0.05) is 6.07 Å². The van der Waals surface area contributed by atoms with Crippen LogP contribution in [0.3, 0.4) is 0 Å². The van der Waals surface area contributed by atoms with Gasteiger partial charge in [-0.15, -0.1) is 0 Å². The van der Waals surface area contributed by atoms with Crippen LogP contribution >= 0.6 is 0 Å². The quantitative estimate of drug-likeness (QED) is 0.483. The molecular weight excluding hydrogens is 251 g/mol. The molecule has 4 heteroatoms. The van der Waals surface area contributed by atoms with Crippen molar-refractivity contribution in [2.24, 2.45) is 12.0 Å². The Balaban J connectivity index is 0.000000845. The number of rotatable bonds is 0. The molecule has 0 aliphatic carbocycles. The van der Waals surface area contributed by atoms with Gasteiger partial charge in [0.1, 0.15) is 0 Å². The van der Waals surface area contributed by atoms with Crippen LogP contribution in [0, 0.1) is 7.43 Å². The summed E-state index contributed by atoms with van der Waals surface area (Å²) in [6.07, 6.45) is 8.42. The minimum absolute atomic E-state index is 0. The molecule has 0 saturated carbocycles. The molecular formula is C10H12N3Y-. The molecule has 0 N–H and O–H groups in total. The molecule has 0 spiro atoms. The van der Waals surface area contributed by atoms with Crippen LogP contribution in [0.5, 0.6) is 0 Å². The number of aryl methyl sites for hydroxylation is 1. The largest absolute Gasteiger partial charge is 0.358 e. The molecule has 1 aromatic rings. The van der Waals surface area contributed by atoms with E-state index in [4.69, 9.17) is 0 Å². The van der Waals surface area contributed by atoms with Crippen LogP contribution in [0.2, 0.25) is 0 Å². The molecule has 0 aromatic carbocycles. The predicted molar refractivity (Wildman–Crippen MR) is 53.7 cm³/mol. The standard InChI is InChI=1S/C9H9N3.CH3.Y/c1-11-6-3-2-4-9(11)12-7-5-10-8-12;;/h2-7H,1H3;1H3;/q;-1;. The van der Waals surface area contributed by atoms with Gasteiger partial charge in [-0.05, 0) is 18.3 Å². The van der Waals surface area contributed by atoms with Crippen molar-refractivity contribution in [3.8, 4) is 0 Å². The Kier molecular flexibility index (Phi) is 5.81. The molecule has 71 valence electrons. The van der Waals surface area contributed by atoms with Crippen molar-refractivity contribution in [3.05, 3.63) is 49.7 Å². The monoisotopic (exact) mass is 263 g/mol. The van der Waals surface area contributed by atoms with Crippen molar-refractivity contribution in [2.45, 2.75) is 0 Å². The first-order valence-corrected chi connectivity index (χ1v) is 3.74. The van der Waals surface area contributed by atoms with Gasteiger partial charge >= 0.3 is 0 Å². The first kappa shape index (κ1) is 13.5. The van der Waals surface area contributed by atoms with Crippen molar-refractivity contribution in [2.75, 3.05) is 0 Å². The van der Waals surface area contributed by atoms with Gasteiger partial charge in [-0.3, -0.25) is 0 Å². The molecule has 0 bridgehead atoms. The predicted octanol–water partition coefficient (Wildman–Crippen LogP) is 0.635. The molecule has 1 radical (unpaired) electrons. The van der Waals surface area contributed by atoms with Crippen molar-refractivity contribution in [1.82, 2.24) is 9.14 Å². The maximum absolute atomic E-state index is 3.86. The molecule has 0 amide bonds. The first-order chi connectivity index (χ1) is 5.88. The van der Waals surface area contributed by atoms with E-state index < -0.39 is 0 Å². The second-order valence-electron chi connectivity index (χ2n) is 2.57. The summed E-state index contributed by atoms with van der Waals surface area (Å²) in [4.78, 5) is 3.86. The molecule has 14 heavy (non-hydrogen) atoms. The molecule has 2 rings (SSSR count). The van der Waals surface area contributed by atoms with E-state index in [1.165, 1.54) is 0 Å². The number of hydrogen-bond acceptors (Lipinski definition) is 1. The zero-order valence-electron chi connectivity index (χ0n) is 8.38. The Labute approximate surface area is 109 Å². The summed E-state index contributed by atoms with van der Waals surface area (Å²) in [6.45, 7) is 0. The molecule has 1 aromatic heterocycles. The molecule has 0 unspecified atom stereocenters. The smallest absolute Gasteiger partial charge is 0.206 e. The summed E-state index contributed by atoms with van der Waals surface area (Å²) in [5.41, 5.74) is 1.05. The van der Waals surface area contributed by atoms with E-state index in [0.717, 1.165) is 5.49 Å². The van der Waals surface area contributed by atoms with Crippen LogP contribution in [0.1, 0.15) is 0 Å². The average molecular weight is 263 g/mol. The Morgan fingerprint density at radius 2 is 2.21 bits per heavy atom. The van der Waals surface area contributed by atoms with E-state index in [1.807, 2.05) is 46.8 Å². The van der Waals surface area contributed by atoms with E-state index in [1.54, 1.807) is 6.20 Å². The molecule has 0 saturated heterocycles. The topological polar surface area (TPSA) is 20.3 Å². The Bertz CT molecular complexity index is 401. The minimum atomic E-state index is 0. The van der Waals surface area contributed by atoms with Gasteiger partial charge in [0.2, 0.25) is 6.34 Å². The van der Waals surface area contributed by atoms with Crippen LogP contribution in [0.25, 0.3) is 0 Å². The number of aromatic nitrogens is 1. The summed E-state index contributed by atoms with van der Waals surface area (Å²) in [6, 6.07) is 5.99. The van der Waals surface area contributed by atoms with Crippen LogP contribution in [-0.4, -0.2) is 10.9 Å². The number of pyridine rings is 1. The van der Waals surface area contributed by atoms with Crippen molar-refractivity contribution in [3.63, 3.8) is 0 Å². The van der Waals surface area contributed by atoms with E-state index in [-0.39, 0.29) is 40.1 Å². The number of hydrogen-bond donors (Lipinski definition) is 0.